The van der Waals surface area contributed by atoms with Crippen molar-refractivity contribution < 1.29 is 34.4 Å². The van der Waals surface area contributed by atoms with E-state index in [1.807, 2.05) is 33.9 Å². The predicted molar refractivity (Wildman–Crippen MR) is 192 cm³/mol. The number of hydrogen-bond acceptors (Lipinski definition) is 4. The van der Waals surface area contributed by atoms with Gasteiger partial charge in [-0.2, -0.15) is 0 Å². The third-order valence-electron chi connectivity index (χ3n) is 9.05. The fourth-order valence-electron chi connectivity index (χ4n) is 6.27. The van der Waals surface area contributed by atoms with Gasteiger partial charge < -0.3 is 9.53 Å². The van der Waals surface area contributed by atoms with Crippen molar-refractivity contribution in [1.82, 2.24) is 4.98 Å². The Morgan fingerprint density at radius 3 is 2.15 bits per heavy atom. The van der Waals surface area contributed by atoms with E-state index in [1.54, 1.807) is 0 Å². The molecule has 0 saturated heterocycles. The molecule has 0 fully saturated rings. The van der Waals surface area contributed by atoms with Crippen molar-refractivity contribution in [2.75, 3.05) is 0 Å². The average molecular weight is 813 g/mol. The van der Waals surface area contributed by atoms with E-state index in [2.05, 4.69) is 101 Å². The van der Waals surface area contributed by atoms with Crippen molar-refractivity contribution in [3.63, 3.8) is 0 Å². The van der Waals surface area contributed by atoms with Crippen LogP contribution in [0.25, 0.3) is 33.2 Å². The molecule has 4 aromatic rings. The number of aliphatic hydroxyl groups is 1. The molecule has 3 aromatic carbocycles. The first-order valence-electron chi connectivity index (χ1n) is 16.5. The van der Waals surface area contributed by atoms with E-state index in [9.17, 15) is 9.90 Å². The second-order valence-corrected chi connectivity index (χ2v) is 17.3. The van der Waals surface area contributed by atoms with Crippen LogP contribution in [0.5, 0.6) is 5.75 Å². The minimum absolute atomic E-state index is 0. The molecule has 2 heterocycles. The van der Waals surface area contributed by atoms with Crippen LogP contribution >= 0.6 is 0 Å². The summed E-state index contributed by atoms with van der Waals surface area (Å²) >= 11 is 0. The number of pyridine rings is 1. The minimum atomic E-state index is -2.08. The van der Waals surface area contributed by atoms with Gasteiger partial charge in [0.2, 0.25) is 0 Å². The fourth-order valence-corrected chi connectivity index (χ4v) is 8.46. The van der Waals surface area contributed by atoms with Gasteiger partial charge in [-0.3, -0.25) is 9.78 Å². The molecule has 0 saturated carbocycles. The Labute approximate surface area is 291 Å². The zero-order valence-electron chi connectivity index (χ0n) is 29.0. The van der Waals surface area contributed by atoms with E-state index >= 15 is 0 Å². The minimum Gasteiger partial charge on any atom is -0.543 e. The zero-order valence-corrected chi connectivity index (χ0v) is 32.4. The summed E-state index contributed by atoms with van der Waals surface area (Å²) < 4.78 is 6.73. The Hall–Kier alpha value is -3.05. The molecular formula is C40H50IrNO3Si-. The number of allylic oxidation sites excluding steroid dienone is 2. The number of benzene rings is 3. The molecule has 1 N–H and O–H groups in total. The second kappa shape index (κ2) is 15.7. The van der Waals surface area contributed by atoms with Gasteiger partial charge in [0.15, 0.2) is 5.78 Å². The first kappa shape index (κ1) is 37.4. The normalized spacial score (nSPS) is 13.7. The topological polar surface area (TPSA) is 59.4 Å². The Kier molecular flexibility index (Phi) is 12.8. The molecule has 0 aliphatic carbocycles. The number of carbonyl (C=O) groups is 1. The SMILES string of the molecule is CC(C)(C)c1cc(-c2nccc3c2O[Si](C)(C)c2ccccc2-3)[c-]c2ccccc12.CCC(CC)C(=O)/C=C(\O)C(CC)CC.[Ir]. The molecule has 0 unspecified atom stereocenters. The molecule has 247 valence electrons. The number of aromatic nitrogens is 1. The molecule has 1 aliphatic heterocycles. The number of nitrogens with zero attached hydrogens (tertiary/aromatic N) is 1. The predicted octanol–water partition coefficient (Wildman–Crippen LogP) is 10.3. The van der Waals surface area contributed by atoms with E-state index in [1.165, 1.54) is 27.8 Å². The quantitative estimate of drug-likeness (QED) is 0.0833. The summed E-state index contributed by atoms with van der Waals surface area (Å²) in [5.74, 6) is 1.45. The number of aliphatic hydroxyl groups excluding tert-OH is 1. The first-order chi connectivity index (χ1) is 21.4. The van der Waals surface area contributed by atoms with E-state index in [-0.39, 0.29) is 48.9 Å². The van der Waals surface area contributed by atoms with Crippen molar-refractivity contribution in [2.24, 2.45) is 11.8 Å². The van der Waals surface area contributed by atoms with E-state index in [0.29, 0.717) is 0 Å². The van der Waals surface area contributed by atoms with Gasteiger partial charge in [0.05, 0.1) is 5.76 Å². The largest absolute Gasteiger partial charge is 0.543 e. The Morgan fingerprint density at radius 2 is 1.52 bits per heavy atom. The number of hydrogen-bond donors (Lipinski definition) is 1. The molecule has 0 bridgehead atoms. The Balaban J connectivity index is 0.000000309. The zero-order chi connectivity index (χ0) is 32.9. The van der Waals surface area contributed by atoms with Gasteiger partial charge in [-0.15, -0.1) is 29.1 Å². The number of carbonyl (C=O) groups excluding carboxylic acids is 1. The van der Waals surface area contributed by atoms with Gasteiger partial charge in [0.25, 0.3) is 8.32 Å². The maximum absolute atomic E-state index is 11.7. The fraction of sp³-hybridized carbons (Fsp3) is 0.400. The van der Waals surface area contributed by atoms with Crippen LogP contribution in [0.2, 0.25) is 13.1 Å². The summed E-state index contributed by atoms with van der Waals surface area (Å²) in [4.78, 5) is 16.5. The summed E-state index contributed by atoms with van der Waals surface area (Å²) in [5, 5.41) is 13.5. The Morgan fingerprint density at radius 1 is 0.913 bits per heavy atom. The monoisotopic (exact) mass is 813 g/mol. The number of fused-ring (bicyclic) bond motifs is 4. The van der Waals surface area contributed by atoms with Crippen molar-refractivity contribution >= 4 is 30.1 Å². The van der Waals surface area contributed by atoms with Crippen LogP contribution in [0.3, 0.4) is 0 Å². The third kappa shape index (κ3) is 8.08. The summed E-state index contributed by atoms with van der Waals surface area (Å²) in [6.45, 7) is 19.4. The van der Waals surface area contributed by atoms with Crippen molar-refractivity contribution in [2.45, 2.75) is 92.7 Å². The standard InChI is InChI=1S/C27H26NOSi.C13H24O2.Ir/c1-27(2,3)23-17-19(16-18-10-6-7-11-20(18)23)25-26-22(14-15-28-25)21-12-8-9-13-24(21)30(4,5)29-26;1-5-10(6-2)12(14)9-13(15)11(7-3)8-4;/h6-15,17H,1-5H3;9-11,14H,5-8H2,1-4H3;/q-1;;/b;12-9-;. The number of rotatable bonds is 8. The molecule has 46 heavy (non-hydrogen) atoms. The molecule has 5 rings (SSSR count). The van der Waals surface area contributed by atoms with Crippen molar-refractivity contribution in [1.29, 1.82) is 0 Å². The van der Waals surface area contributed by atoms with Gasteiger partial charge in [0.1, 0.15) is 5.75 Å². The average Bonchev–Trinajstić information content (AvgIpc) is 3.01. The van der Waals surface area contributed by atoms with Crippen LogP contribution in [-0.4, -0.2) is 24.2 Å². The second-order valence-electron chi connectivity index (χ2n) is 13.6. The van der Waals surface area contributed by atoms with Crippen LogP contribution < -0.4 is 9.61 Å². The Bertz CT molecular complexity index is 1680. The summed E-state index contributed by atoms with van der Waals surface area (Å²) in [6, 6.07) is 25.1. The van der Waals surface area contributed by atoms with E-state index in [0.717, 1.165) is 53.6 Å². The maximum atomic E-state index is 11.7. The van der Waals surface area contributed by atoms with Gasteiger partial charge >= 0.3 is 0 Å². The molecule has 1 radical (unpaired) electrons. The van der Waals surface area contributed by atoms with Crippen molar-refractivity contribution in [3.05, 3.63) is 90.3 Å². The molecule has 4 nitrogen and oxygen atoms in total. The third-order valence-corrected chi connectivity index (χ3v) is 11.5. The number of ketones is 1. The van der Waals surface area contributed by atoms with Gasteiger partial charge in [0, 0.05) is 55.5 Å². The molecule has 1 aliphatic rings. The van der Waals surface area contributed by atoms with Crippen LogP contribution in [0.4, 0.5) is 0 Å². The van der Waals surface area contributed by atoms with Crippen LogP contribution in [-0.2, 0) is 30.3 Å². The molecular weight excluding hydrogens is 763 g/mol. The molecule has 0 atom stereocenters. The van der Waals surface area contributed by atoms with E-state index in [4.69, 9.17) is 9.41 Å². The molecule has 6 heteroatoms. The summed E-state index contributed by atoms with van der Waals surface area (Å²) in [5.41, 5.74) is 5.61. The van der Waals surface area contributed by atoms with Crippen LogP contribution in [0.1, 0.15) is 79.7 Å². The van der Waals surface area contributed by atoms with Gasteiger partial charge in [-0.05, 0) is 61.0 Å². The van der Waals surface area contributed by atoms with Crippen LogP contribution in [0, 0.1) is 17.9 Å². The smallest absolute Gasteiger partial charge is 0.276 e. The van der Waals surface area contributed by atoms with Crippen LogP contribution in [0.15, 0.2) is 78.7 Å². The maximum Gasteiger partial charge on any atom is 0.276 e. The molecule has 0 spiro atoms. The van der Waals surface area contributed by atoms with Gasteiger partial charge in [-0.25, -0.2) is 0 Å². The van der Waals surface area contributed by atoms with Crippen molar-refractivity contribution in [3.8, 4) is 28.1 Å². The molecule has 1 aromatic heterocycles. The van der Waals surface area contributed by atoms with Gasteiger partial charge in [-0.1, -0.05) is 102 Å². The summed E-state index contributed by atoms with van der Waals surface area (Å²) in [6.07, 6.45) is 6.80. The summed E-state index contributed by atoms with van der Waals surface area (Å²) in [7, 11) is -2.08. The van der Waals surface area contributed by atoms with E-state index < -0.39 is 8.32 Å². The first-order valence-corrected chi connectivity index (χ1v) is 19.4. The molecule has 0 amide bonds.